The molecule has 3 rings (SSSR count). The molecule has 1 aliphatic heterocycles. The van der Waals surface area contributed by atoms with E-state index in [0.29, 0.717) is 0 Å². The molecule has 0 amide bonds. The van der Waals surface area contributed by atoms with Gasteiger partial charge in [0.05, 0.1) is 6.54 Å². The number of hydrogen-bond donors (Lipinski definition) is 1. The summed E-state index contributed by atoms with van der Waals surface area (Å²) in [6.07, 6.45) is 12.1. The van der Waals surface area contributed by atoms with Crippen molar-refractivity contribution in [1.82, 2.24) is 9.71 Å². The Kier molecular flexibility index (Phi) is 7.03. The Morgan fingerprint density at radius 1 is 1.27 bits per heavy atom. The van der Waals surface area contributed by atoms with Crippen LogP contribution in [0.2, 0.25) is 0 Å². The molecular weight excluding hydrogens is 358 g/mol. The lowest BCUT2D eigenvalue weighted by Crippen LogP contribution is -2.10. The summed E-state index contributed by atoms with van der Waals surface area (Å²) >= 11 is 3.17. The summed E-state index contributed by atoms with van der Waals surface area (Å²) in [7, 11) is 0. The summed E-state index contributed by atoms with van der Waals surface area (Å²) < 4.78 is 3.43. The van der Waals surface area contributed by atoms with E-state index < -0.39 is 0 Å². The van der Waals surface area contributed by atoms with Crippen molar-refractivity contribution in [2.24, 2.45) is 4.99 Å². The van der Waals surface area contributed by atoms with Gasteiger partial charge in [-0.25, -0.2) is 4.98 Å². The van der Waals surface area contributed by atoms with Gasteiger partial charge in [0.2, 0.25) is 0 Å². The standard InChI is InChI=1S/C21H19N3S2/c1-2-18-4-3-12-22-13-11-19(18)16-24-26-20-8-5-17(6-9-20)7-10-21-23-14-15-25-21/h2-6,8-9,11,13-15,24H,12,16H2,1H3/b4-3-,18-2+,19-11-,22-13?. The largest absolute Gasteiger partial charge is 0.289 e. The molecule has 1 aromatic carbocycles. The molecule has 0 aliphatic carbocycles. The summed E-state index contributed by atoms with van der Waals surface area (Å²) in [5.41, 5.74) is 3.45. The fourth-order valence-corrected chi connectivity index (χ4v) is 3.45. The van der Waals surface area contributed by atoms with Crippen LogP contribution in [0.15, 0.2) is 81.2 Å². The molecular formula is C21H19N3S2. The summed E-state index contributed by atoms with van der Waals surface area (Å²) in [4.78, 5) is 9.62. The molecule has 0 saturated heterocycles. The molecule has 0 radical (unpaired) electrons. The van der Waals surface area contributed by atoms with Crippen LogP contribution in [0.1, 0.15) is 17.5 Å². The summed E-state index contributed by atoms with van der Waals surface area (Å²) in [5.74, 6) is 6.21. The second-order valence-electron chi connectivity index (χ2n) is 5.39. The van der Waals surface area contributed by atoms with E-state index in [1.165, 1.54) is 11.1 Å². The minimum atomic E-state index is 0.737. The Balaban J connectivity index is 1.55. The van der Waals surface area contributed by atoms with Gasteiger partial charge in [0.1, 0.15) is 0 Å². The zero-order valence-electron chi connectivity index (χ0n) is 14.5. The molecule has 2 aromatic rings. The average Bonchev–Trinajstić information content (AvgIpc) is 3.17. The first-order chi connectivity index (χ1) is 12.8. The number of thiazole rings is 1. The van der Waals surface area contributed by atoms with Gasteiger partial charge in [0, 0.05) is 34.8 Å². The van der Waals surface area contributed by atoms with Gasteiger partial charge in [-0.1, -0.05) is 24.1 Å². The van der Waals surface area contributed by atoms with E-state index in [9.17, 15) is 0 Å². The first-order valence-electron chi connectivity index (χ1n) is 8.28. The maximum Gasteiger partial charge on any atom is 0.167 e. The van der Waals surface area contributed by atoms with E-state index in [4.69, 9.17) is 0 Å². The molecule has 0 spiro atoms. The molecule has 26 heavy (non-hydrogen) atoms. The summed E-state index contributed by atoms with van der Waals surface area (Å²) in [6.45, 7) is 3.57. The van der Waals surface area contributed by atoms with Crippen LogP contribution in [0.25, 0.3) is 0 Å². The van der Waals surface area contributed by atoms with Gasteiger partial charge in [-0.05, 0) is 66.3 Å². The van der Waals surface area contributed by atoms with Crippen LogP contribution < -0.4 is 4.72 Å². The highest BCUT2D eigenvalue weighted by molar-refractivity contribution is 7.97. The maximum absolute atomic E-state index is 4.30. The van der Waals surface area contributed by atoms with Crippen molar-refractivity contribution in [3.8, 4) is 11.8 Å². The van der Waals surface area contributed by atoms with Crippen LogP contribution in [-0.4, -0.2) is 24.3 Å². The summed E-state index contributed by atoms with van der Waals surface area (Å²) in [6, 6.07) is 8.22. The molecule has 5 heteroatoms. The van der Waals surface area contributed by atoms with Crippen molar-refractivity contribution >= 4 is 29.5 Å². The Bertz CT molecular complexity index is 893. The van der Waals surface area contributed by atoms with Crippen molar-refractivity contribution in [2.75, 3.05) is 13.1 Å². The number of aromatic nitrogens is 1. The van der Waals surface area contributed by atoms with Crippen molar-refractivity contribution < 1.29 is 0 Å². The normalized spacial score (nSPS) is 18.3. The van der Waals surface area contributed by atoms with Gasteiger partial charge in [0.15, 0.2) is 5.01 Å². The van der Waals surface area contributed by atoms with Crippen LogP contribution >= 0.6 is 23.3 Å². The Morgan fingerprint density at radius 3 is 2.92 bits per heavy atom. The molecule has 0 unspecified atom stereocenters. The van der Waals surface area contributed by atoms with Crippen LogP contribution in [0.5, 0.6) is 0 Å². The number of aliphatic imine (C=N–C) groups is 1. The highest BCUT2D eigenvalue weighted by Gasteiger charge is 2.03. The Hall–Kier alpha value is -2.39. The average molecular weight is 378 g/mol. The molecule has 0 saturated carbocycles. The van der Waals surface area contributed by atoms with Crippen LogP contribution in [0.3, 0.4) is 0 Å². The zero-order chi connectivity index (χ0) is 18.0. The van der Waals surface area contributed by atoms with Gasteiger partial charge in [-0.2, -0.15) is 0 Å². The first kappa shape index (κ1) is 18.4. The molecule has 1 N–H and O–H groups in total. The third-order valence-electron chi connectivity index (χ3n) is 3.62. The smallest absolute Gasteiger partial charge is 0.167 e. The second-order valence-corrected chi connectivity index (χ2v) is 7.25. The minimum Gasteiger partial charge on any atom is -0.289 e. The molecule has 1 aliphatic rings. The van der Waals surface area contributed by atoms with Crippen LogP contribution in [-0.2, 0) is 0 Å². The zero-order valence-corrected chi connectivity index (χ0v) is 16.1. The number of benzene rings is 1. The van der Waals surface area contributed by atoms with Crippen molar-refractivity contribution in [1.29, 1.82) is 0 Å². The molecule has 0 fully saturated rings. The monoisotopic (exact) mass is 377 g/mol. The van der Waals surface area contributed by atoms with Gasteiger partial charge < -0.3 is 0 Å². The summed E-state index contributed by atoms with van der Waals surface area (Å²) in [5, 5.41) is 2.77. The van der Waals surface area contributed by atoms with Crippen LogP contribution in [0.4, 0.5) is 0 Å². The fraction of sp³-hybridized carbons (Fsp3) is 0.143. The van der Waals surface area contributed by atoms with E-state index in [1.54, 1.807) is 29.5 Å². The van der Waals surface area contributed by atoms with E-state index in [-0.39, 0.29) is 0 Å². The Labute approximate surface area is 162 Å². The van der Waals surface area contributed by atoms with E-state index in [0.717, 1.165) is 28.6 Å². The number of nitrogens with zero attached hydrogens (tertiary/aromatic N) is 2. The van der Waals surface area contributed by atoms with Gasteiger partial charge >= 0.3 is 0 Å². The molecule has 0 atom stereocenters. The third kappa shape index (κ3) is 5.57. The molecule has 0 bridgehead atoms. The van der Waals surface area contributed by atoms with Crippen LogP contribution in [0, 0.1) is 11.8 Å². The molecule has 3 nitrogen and oxygen atoms in total. The fourth-order valence-electron chi connectivity index (χ4n) is 2.30. The van der Waals surface area contributed by atoms with Gasteiger partial charge in [-0.15, -0.1) is 11.3 Å². The van der Waals surface area contributed by atoms with Gasteiger partial charge in [-0.3, -0.25) is 9.71 Å². The number of nitrogens with one attached hydrogen (secondary N) is 1. The molecule has 2 heterocycles. The number of rotatable bonds is 4. The first-order valence-corrected chi connectivity index (χ1v) is 9.98. The minimum absolute atomic E-state index is 0.737. The predicted molar refractivity (Wildman–Crippen MR) is 113 cm³/mol. The topological polar surface area (TPSA) is 37.3 Å². The van der Waals surface area contributed by atoms with E-state index >= 15 is 0 Å². The van der Waals surface area contributed by atoms with Gasteiger partial charge in [0.25, 0.3) is 0 Å². The quantitative estimate of drug-likeness (QED) is 0.622. The Morgan fingerprint density at radius 2 is 2.15 bits per heavy atom. The second kappa shape index (κ2) is 9.93. The van der Waals surface area contributed by atoms with Crippen molar-refractivity contribution in [3.05, 3.63) is 81.9 Å². The SMILES string of the molecule is C/C=C1\C=C/CN=C/C=C\1CNSc1ccc(C#Cc2nccs2)cc1. The highest BCUT2D eigenvalue weighted by atomic mass is 32.2. The maximum atomic E-state index is 4.30. The molecule has 1 aromatic heterocycles. The third-order valence-corrected chi connectivity index (χ3v) is 5.11. The lowest BCUT2D eigenvalue weighted by molar-refractivity contribution is 1.06. The lowest BCUT2D eigenvalue weighted by atomic mass is 10.0. The lowest BCUT2D eigenvalue weighted by Gasteiger charge is -2.10. The number of hydrogen-bond acceptors (Lipinski definition) is 5. The van der Waals surface area contributed by atoms with E-state index in [1.807, 2.05) is 23.7 Å². The predicted octanol–water partition coefficient (Wildman–Crippen LogP) is 4.65. The molecule has 130 valence electrons. The van der Waals surface area contributed by atoms with E-state index in [2.05, 4.69) is 69.9 Å². The van der Waals surface area contributed by atoms with Crippen molar-refractivity contribution in [3.63, 3.8) is 0 Å². The number of allylic oxidation sites excluding steroid dienone is 3. The van der Waals surface area contributed by atoms with Crippen molar-refractivity contribution in [2.45, 2.75) is 11.8 Å². The highest BCUT2D eigenvalue weighted by Crippen LogP contribution is 2.18.